The van der Waals surface area contributed by atoms with Crippen molar-refractivity contribution >= 4 is 0 Å². The second-order valence-electron chi connectivity index (χ2n) is 7.51. The van der Waals surface area contributed by atoms with Crippen LogP contribution in [0.5, 0.6) is 11.5 Å². The van der Waals surface area contributed by atoms with Crippen LogP contribution in [0.4, 0.5) is 0 Å². The number of hydrogen-bond donors (Lipinski definition) is 1. The molecule has 3 nitrogen and oxygen atoms in total. The van der Waals surface area contributed by atoms with Gasteiger partial charge in [-0.3, -0.25) is 0 Å². The predicted octanol–water partition coefficient (Wildman–Crippen LogP) is 6.07. The van der Waals surface area contributed by atoms with E-state index in [9.17, 15) is 0 Å². The van der Waals surface area contributed by atoms with Crippen molar-refractivity contribution in [2.75, 3.05) is 14.2 Å². The van der Waals surface area contributed by atoms with Gasteiger partial charge in [0.05, 0.1) is 14.2 Å². The first-order valence-electron chi connectivity index (χ1n) is 9.33. The Balaban J connectivity index is 3.19. The number of methoxy groups -OCH3 is 2. The van der Waals surface area contributed by atoms with Gasteiger partial charge in [0.1, 0.15) is 11.5 Å². The molecular formula is C24H35NO2. The van der Waals surface area contributed by atoms with Gasteiger partial charge in [-0.15, -0.1) is 0 Å². The smallest absolute Gasteiger partial charge is 0.122 e. The molecule has 0 aliphatic rings. The highest BCUT2D eigenvalue weighted by atomic mass is 16.5. The minimum atomic E-state index is -0.220. The van der Waals surface area contributed by atoms with E-state index < -0.39 is 0 Å². The van der Waals surface area contributed by atoms with E-state index in [1.807, 2.05) is 18.2 Å². The molecule has 0 unspecified atom stereocenters. The summed E-state index contributed by atoms with van der Waals surface area (Å²) in [5.41, 5.74) is 11.2. The van der Waals surface area contributed by atoms with Crippen molar-refractivity contribution in [3.8, 4) is 11.5 Å². The van der Waals surface area contributed by atoms with Crippen LogP contribution in [0, 0.1) is 0 Å². The number of nitrogens with two attached hydrogens (primary N) is 1. The van der Waals surface area contributed by atoms with Crippen LogP contribution in [0.2, 0.25) is 0 Å². The van der Waals surface area contributed by atoms with E-state index in [-0.39, 0.29) is 5.41 Å². The van der Waals surface area contributed by atoms with Gasteiger partial charge in [-0.1, -0.05) is 49.8 Å². The average Bonchev–Trinajstić information content (AvgIpc) is 2.65. The van der Waals surface area contributed by atoms with E-state index >= 15 is 0 Å². The highest BCUT2D eigenvalue weighted by Crippen LogP contribution is 2.33. The van der Waals surface area contributed by atoms with Crippen molar-refractivity contribution in [1.29, 1.82) is 0 Å². The van der Waals surface area contributed by atoms with Crippen molar-refractivity contribution in [3.05, 3.63) is 71.0 Å². The molecule has 0 saturated carbocycles. The zero-order valence-electron chi connectivity index (χ0n) is 18.0. The highest BCUT2D eigenvalue weighted by Gasteiger charge is 2.19. The SMILES string of the molecule is C=C(N)C(/C=C/C(C)(C)c1cc(OC)cc(OC)c1)=C(/C)CC/C(C)=C/C. The fourth-order valence-electron chi connectivity index (χ4n) is 2.75. The van der Waals surface area contributed by atoms with Gasteiger partial charge in [-0.05, 0) is 56.9 Å². The molecule has 3 heteroatoms. The molecule has 0 bridgehead atoms. The first-order chi connectivity index (χ1) is 12.6. The van der Waals surface area contributed by atoms with Crippen LogP contribution in [-0.4, -0.2) is 14.2 Å². The monoisotopic (exact) mass is 369 g/mol. The van der Waals surface area contributed by atoms with E-state index in [0.29, 0.717) is 5.70 Å². The third-order valence-electron chi connectivity index (χ3n) is 4.96. The molecule has 1 aromatic carbocycles. The summed E-state index contributed by atoms with van der Waals surface area (Å²) in [7, 11) is 3.33. The maximum Gasteiger partial charge on any atom is 0.122 e. The maximum absolute atomic E-state index is 6.08. The van der Waals surface area contributed by atoms with Gasteiger partial charge < -0.3 is 15.2 Å². The van der Waals surface area contributed by atoms with E-state index in [1.54, 1.807) is 14.2 Å². The number of ether oxygens (including phenoxy) is 2. The van der Waals surface area contributed by atoms with Crippen LogP contribution in [0.15, 0.2) is 65.4 Å². The number of benzene rings is 1. The minimum Gasteiger partial charge on any atom is -0.497 e. The molecule has 0 aliphatic carbocycles. The quantitative estimate of drug-likeness (QED) is 0.424. The van der Waals surface area contributed by atoms with Gasteiger partial charge in [0.25, 0.3) is 0 Å². The molecule has 148 valence electrons. The Morgan fingerprint density at radius 1 is 1.07 bits per heavy atom. The number of rotatable bonds is 9. The predicted molar refractivity (Wildman–Crippen MR) is 116 cm³/mol. The first kappa shape index (κ1) is 22.6. The van der Waals surface area contributed by atoms with Gasteiger partial charge in [-0.25, -0.2) is 0 Å². The summed E-state index contributed by atoms with van der Waals surface area (Å²) in [6.07, 6.45) is 8.41. The van der Waals surface area contributed by atoms with E-state index in [1.165, 1.54) is 11.1 Å². The summed E-state index contributed by atoms with van der Waals surface area (Å²) in [4.78, 5) is 0. The average molecular weight is 370 g/mol. The Labute approximate surface area is 165 Å². The van der Waals surface area contributed by atoms with Gasteiger partial charge >= 0.3 is 0 Å². The van der Waals surface area contributed by atoms with Crippen LogP contribution >= 0.6 is 0 Å². The van der Waals surface area contributed by atoms with Crippen molar-refractivity contribution < 1.29 is 9.47 Å². The third kappa shape index (κ3) is 6.67. The van der Waals surface area contributed by atoms with Crippen molar-refractivity contribution in [2.24, 2.45) is 5.73 Å². The van der Waals surface area contributed by atoms with E-state index in [4.69, 9.17) is 15.2 Å². The lowest BCUT2D eigenvalue weighted by molar-refractivity contribution is 0.392. The van der Waals surface area contributed by atoms with E-state index in [0.717, 1.165) is 35.5 Å². The minimum absolute atomic E-state index is 0.220. The molecule has 0 spiro atoms. The topological polar surface area (TPSA) is 44.5 Å². The summed E-state index contributed by atoms with van der Waals surface area (Å²) in [6, 6.07) is 5.95. The fourth-order valence-corrected chi connectivity index (χ4v) is 2.75. The van der Waals surface area contributed by atoms with E-state index in [2.05, 4.69) is 59.4 Å². The number of hydrogen-bond acceptors (Lipinski definition) is 3. The molecular weight excluding hydrogens is 334 g/mol. The van der Waals surface area contributed by atoms with Gasteiger partial charge in [-0.2, -0.15) is 0 Å². The molecule has 2 N–H and O–H groups in total. The zero-order valence-corrected chi connectivity index (χ0v) is 18.0. The Bertz CT molecular complexity index is 729. The fraction of sp³-hybridized carbons (Fsp3) is 0.417. The van der Waals surface area contributed by atoms with Gasteiger partial charge in [0.2, 0.25) is 0 Å². The molecule has 0 aromatic heterocycles. The molecule has 0 aliphatic heterocycles. The molecule has 0 fully saturated rings. The summed E-state index contributed by atoms with van der Waals surface area (Å²) in [5, 5.41) is 0. The second-order valence-corrected chi connectivity index (χ2v) is 7.51. The lowest BCUT2D eigenvalue weighted by Gasteiger charge is -2.23. The molecule has 0 saturated heterocycles. The zero-order chi connectivity index (χ0) is 20.6. The van der Waals surface area contributed by atoms with Crippen LogP contribution in [0.1, 0.15) is 53.0 Å². The lowest BCUT2D eigenvalue weighted by Crippen LogP contribution is -2.14. The highest BCUT2D eigenvalue weighted by molar-refractivity contribution is 5.46. The third-order valence-corrected chi connectivity index (χ3v) is 4.96. The van der Waals surface area contributed by atoms with Gasteiger partial charge in [0.15, 0.2) is 0 Å². The molecule has 1 rings (SSSR count). The Kier molecular flexibility index (Phi) is 8.42. The first-order valence-corrected chi connectivity index (χ1v) is 9.33. The number of allylic oxidation sites excluding steroid dienone is 5. The Morgan fingerprint density at radius 3 is 2.07 bits per heavy atom. The molecule has 0 heterocycles. The summed E-state index contributed by atoms with van der Waals surface area (Å²) in [5.74, 6) is 1.56. The molecule has 1 aromatic rings. The summed E-state index contributed by atoms with van der Waals surface area (Å²) >= 11 is 0. The standard InChI is InChI=1S/C24H35NO2/c1-9-17(2)10-11-18(3)23(19(4)25)12-13-24(5,6)20-14-21(26-7)16-22(15-20)27-8/h9,12-16H,4,10-11,25H2,1-3,5-8H3/b13-12+,17-9+,23-18-. The van der Waals surface area contributed by atoms with Crippen LogP contribution < -0.4 is 15.2 Å². The Morgan fingerprint density at radius 2 is 1.63 bits per heavy atom. The normalized spacial score (nSPS) is 13.5. The Hall–Kier alpha value is -2.42. The lowest BCUT2D eigenvalue weighted by atomic mass is 9.83. The van der Waals surface area contributed by atoms with Crippen LogP contribution in [0.25, 0.3) is 0 Å². The summed E-state index contributed by atoms with van der Waals surface area (Å²) in [6.45, 7) is 14.6. The van der Waals surface area contributed by atoms with Crippen LogP contribution in [-0.2, 0) is 5.41 Å². The maximum atomic E-state index is 6.08. The van der Waals surface area contributed by atoms with Crippen molar-refractivity contribution in [3.63, 3.8) is 0 Å². The molecule has 0 amide bonds. The largest absolute Gasteiger partial charge is 0.497 e. The second kappa shape index (κ2) is 10.1. The summed E-state index contributed by atoms with van der Waals surface area (Å²) < 4.78 is 10.8. The van der Waals surface area contributed by atoms with Crippen molar-refractivity contribution in [1.82, 2.24) is 0 Å². The van der Waals surface area contributed by atoms with Gasteiger partial charge in [0, 0.05) is 17.2 Å². The van der Waals surface area contributed by atoms with Crippen molar-refractivity contribution in [2.45, 2.75) is 52.9 Å². The molecule has 0 atom stereocenters. The molecule has 0 radical (unpaired) electrons. The van der Waals surface area contributed by atoms with Crippen LogP contribution in [0.3, 0.4) is 0 Å². The molecule has 27 heavy (non-hydrogen) atoms.